The largest absolute Gasteiger partial charge is 0.310 e. The maximum atomic E-state index is 5.39. The van der Waals surface area contributed by atoms with Crippen LogP contribution in [0.4, 0.5) is 0 Å². The van der Waals surface area contributed by atoms with Crippen LogP contribution in [0.3, 0.4) is 0 Å². The second-order valence-corrected chi connectivity index (χ2v) is 4.68. The molecule has 14 heavy (non-hydrogen) atoms. The predicted octanol–water partition coefficient (Wildman–Crippen LogP) is 1.23. The average Bonchev–Trinajstić information content (AvgIpc) is 2.51. The van der Waals surface area contributed by atoms with Gasteiger partial charge in [0.15, 0.2) is 0 Å². The lowest BCUT2D eigenvalue weighted by Crippen LogP contribution is -2.49. The van der Waals surface area contributed by atoms with Gasteiger partial charge in [0.25, 0.3) is 0 Å². The van der Waals surface area contributed by atoms with Crippen molar-refractivity contribution in [1.82, 2.24) is 10.2 Å². The monoisotopic (exact) mass is 192 g/mol. The van der Waals surface area contributed by atoms with Gasteiger partial charge in [0.05, 0.1) is 6.54 Å². The van der Waals surface area contributed by atoms with Crippen LogP contribution in [0.1, 0.15) is 32.1 Å². The summed E-state index contributed by atoms with van der Waals surface area (Å²) < 4.78 is 0. The molecule has 1 saturated carbocycles. The Morgan fingerprint density at radius 1 is 1.29 bits per heavy atom. The number of nitrogens with one attached hydrogen (secondary N) is 1. The van der Waals surface area contributed by atoms with E-state index in [-0.39, 0.29) is 0 Å². The minimum atomic E-state index is 0.410. The third kappa shape index (κ3) is 2.10. The van der Waals surface area contributed by atoms with E-state index in [9.17, 15) is 0 Å². The fourth-order valence-corrected chi connectivity index (χ4v) is 2.87. The van der Waals surface area contributed by atoms with Crippen molar-refractivity contribution >= 4 is 0 Å². The van der Waals surface area contributed by atoms with E-state index in [1.54, 1.807) is 0 Å². The van der Waals surface area contributed by atoms with E-state index in [1.165, 1.54) is 45.2 Å². The van der Waals surface area contributed by atoms with Gasteiger partial charge in [-0.15, -0.1) is 6.42 Å². The summed E-state index contributed by atoms with van der Waals surface area (Å²) in [5.74, 6) is 2.77. The molecule has 1 spiro atoms. The summed E-state index contributed by atoms with van der Waals surface area (Å²) in [5.41, 5.74) is 0.410. The molecule has 1 N–H and O–H groups in total. The quantitative estimate of drug-likeness (QED) is 0.629. The molecule has 1 heterocycles. The van der Waals surface area contributed by atoms with Gasteiger partial charge in [0.1, 0.15) is 0 Å². The first-order valence-corrected chi connectivity index (χ1v) is 5.76. The summed E-state index contributed by atoms with van der Waals surface area (Å²) in [5, 5.41) is 3.74. The number of terminal acetylenes is 1. The van der Waals surface area contributed by atoms with Gasteiger partial charge in [0.2, 0.25) is 0 Å². The first-order valence-electron chi connectivity index (χ1n) is 5.76. The maximum Gasteiger partial charge on any atom is 0.0599 e. The van der Waals surface area contributed by atoms with Gasteiger partial charge in [-0.1, -0.05) is 18.8 Å². The highest BCUT2D eigenvalue weighted by atomic mass is 15.2. The second kappa shape index (κ2) is 4.33. The van der Waals surface area contributed by atoms with Gasteiger partial charge >= 0.3 is 0 Å². The van der Waals surface area contributed by atoms with Crippen LogP contribution in [-0.4, -0.2) is 36.6 Å². The first-order chi connectivity index (χ1) is 6.85. The molecule has 0 unspecified atom stereocenters. The van der Waals surface area contributed by atoms with Crippen molar-refractivity contribution in [3.05, 3.63) is 0 Å². The van der Waals surface area contributed by atoms with Gasteiger partial charge in [0, 0.05) is 18.6 Å². The Kier molecular flexibility index (Phi) is 3.10. The number of hydrogen-bond donors (Lipinski definition) is 1. The van der Waals surface area contributed by atoms with Gasteiger partial charge < -0.3 is 5.32 Å². The Balaban J connectivity index is 2.00. The SMILES string of the molecule is C#CCN1CCCNC2(CCCC2)C1. The van der Waals surface area contributed by atoms with E-state index < -0.39 is 0 Å². The molecular formula is C12H20N2. The summed E-state index contributed by atoms with van der Waals surface area (Å²) >= 11 is 0. The van der Waals surface area contributed by atoms with Gasteiger partial charge in [-0.3, -0.25) is 4.90 Å². The zero-order chi connectivity index (χ0) is 9.86. The lowest BCUT2D eigenvalue weighted by Gasteiger charge is -2.32. The molecule has 0 aromatic carbocycles. The van der Waals surface area contributed by atoms with Crippen molar-refractivity contribution < 1.29 is 0 Å². The van der Waals surface area contributed by atoms with Crippen LogP contribution < -0.4 is 5.32 Å². The summed E-state index contributed by atoms with van der Waals surface area (Å²) in [4.78, 5) is 2.44. The molecule has 1 aliphatic heterocycles. The van der Waals surface area contributed by atoms with Crippen LogP contribution in [0, 0.1) is 12.3 Å². The molecule has 0 aromatic heterocycles. The Hall–Kier alpha value is -0.520. The molecule has 1 saturated heterocycles. The highest BCUT2D eigenvalue weighted by molar-refractivity contribution is 4.99. The maximum absolute atomic E-state index is 5.39. The van der Waals surface area contributed by atoms with Crippen molar-refractivity contribution in [2.75, 3.05) is 26.2 Å². The Morgan fingerprint density at radius 3 is 2.79 bits per heavy atom. The summed E-state index contributed by atoms with van der Waals surface area (Å²) in [6.45, 7) is 4.32. The Morgan fingerprint density at radius 2 is 2.07 bits per heavy atom. The topological polar surface area (TPSA) is 15.3 Å². The smallest absolute Gasteiger partial charge is 0.0599 e. The molecule has 2 fully saturated rings. The molecule has 2 rings (SSSR count). The molecule has 0 aromatic rings. The van der Waals surface area contributed by atoms with Crippen molar-refractivity contribution in [1.29, 1.82) is 0 Å². The number of rotatable bonds is 1. The number of nitrogens with zero attached hydrogens (tertiary/aromatic N) is 1. The Labute approximate surface area is 87.1 Å². The van der Waals surface area contributed by atoms with Crippen molar-refractivity contribution in [2.45, 2.75) is 37.6 Å². The second-order valence-electron chi connectivity index (χ2n) is 4.68. The highest BCUT2D eigenvalue weighted by Gasteiger charge is 2.35. The minimum Gasteiger partial charge on any atom is -0.310 e. The normalized spacial score (nSPS) is 27.4. The molecule has 78 valence electrons. The van der Waals surface area contributed by atoms with Crippen LogP contribution in [0.15, 0.2) is 0 Å². The molecule has 2 aliphatic rings. The minimum absolute atomic E-state index is 0.410. The number of hydrogen-bond acceptors (Lipinski definition) is 2. The molecule has 0 bridgehead atoms. The van der Waals surface area contributed by atoms with E-state index >= 15 is 0 Å². The fourth-order valence-electron chi connectivity index (χ4n) is 2.87. The zero-order valence-electron chi connectivity index (χ0n) is 8.89. The van der Waals surface area contributed by atoms with Crippen LogP contribution >= 0.6 is 0 Å². The van der Waals surface area contributed by atoms with Gasteiger partial charge in [-0.25, -0.2) is 0 Å². The van der Waals surface area contributed by atoms with Crippen LogP contribution in [0.5, 0.6) is 0 Å². The van der Waals surface area contributed by atoms with Gasteiger partial charge in [-0.2, -0.15) is 0 Å². The van der Waals surface area contributed by atoms with E-state index in [2.05, 4.69) is 16.1 Å². The molecule has 1 aliphatic carbocycles. The van der Waals surface area contributed by atoms with Crippen molar-refractivity contribution in [3.63, 3.8) is 0 Å². The Bertz CT molecular complexity index is 223. The third-order valence-corrected chi connectivity index (χ3v) is 3.55. The first kappa shape index (κ1) is 10.0. The molecule has 0 radical (unpaired) electrons. The van der Waals surface area contributed by atoms with E-state index in [4.69, 9.17) is 6.42 Å². The average molecular weight is 192 g/mol. The fraction of sp³-hybridized carbons (Fsp3) is 0.833. The van der Waals surface area contributed by atoms with Crippen LogP contribution in [0.2, 0.25) is 0 Å². The van der Waals surface area contributed by atoms with Crippen LogP contribution in [-0.2, 0) is 0 Å². The third-order valence-electron chi connectivity index (χ3n) is 3.55. The van der Waals surface area contributed by atoms with Gasteiger partial charge in [-0.05, 0) is 25.8 Å². The standard InChI is InChI=1S/C12H20N2/c1-2-9-14-10-5-8-13-12(11-14)6-3-4-7-12/h1,13H,3-11H2. The van der Waals surface area contributed by atoms with Crippen LogP contribution in [0.25, 0.3) is 0 Å². The lowest BCUT2D eigenvalue weighted by atomic mass is 9.97. The highest BCUT2D eigenvalue weighted by Crippen LogP contribution is 2.31. The van der Waals surface area contributed by atoms with Crippen molar-refractivity contribution in [3.8, 4) is 12.3 Å². The summed E-state index contributed by atoms with van der Waals surface area (Å²) in [6, 6.07) is 0. The molecule has 0 amide bonds. The molecule has 0 atom stereocenters. The van der Waals surface area contributed by atoms with E-state index in [1.807, 2.05) is 0 Å². The van der Waals surface area contributed by atoms with E-state index in [0.717, 1.165) is 13.1 Å². The van der Waals surface area contributed by atoms with E-state index in [0.29, 0.717) is 5.54 Å². The summed E-state index contributed by atoms with van der Waals surface area (Å²) in [6.07, 6.45) is 12.1. The molecular weight excluding hydrogens is 172 g/mol. The molecule has 2 nitrogen and oxygen atoms in total. The zero-order valence-corrected chi connectivity index (χ0v) is 8.89. The lowest BCUT2D eigenvalue weighted by molar-refractivity contribution is 0.229. The predicted molar refractivity (Wildman–Crippen MR) is 59.1 cm³/mol. The molecule has 2 heteroatoms. The summed E-state index contributed by atoms with van der Waals surface area (Å²) in [7, 11) is 0. The van der Waals surface area contributed by atoms with Crippen molar-refractivity contribution in [2.24, 2.45) is 0 Å².